The van der Waals surface area contributed by atoms with Crippen LogP contribution in [0.3, 0.4) is 0 Å². The molecule has 154 valence electrons. The van der Waals surface area contributed by atoms with Crippen molar-refractivity contribution in [3.05, 3.63) is 107 Å². The fraction of sp³-hybridized carbons (Fsp3) is 0.269. The summed E-state index contributed by atoms with van der Waals surface area (Å²) in [6.07, 6.45) is 2.50. The van der Waals surface area contributed by atoms with Crippen LogP contribution in [-0.2, 0) is 34.7 Å². The van der Waals surface area contributed by atoms with Crippen molar-refractivity contribution in [1.29, 1.82) is 0 Å². The molecule has 0 saturated heterocycles. The molecule has 0 bridgehead atoms. The van der Waals surface area contributed by atoms with Gasteiger partial charge in [-0.25, -0.2) is 4.39 Å². The maximum Gasteiger partial charge on any atom is 0.230 e. The molecule has 1 aliphatic rings. The fourth-order valence-corrected chi connectivity index (χ4v) is 4.01. The highest BCUT2D eigenvalue weighted by atomic mass is 19.1. The summed E-state index contributed by atoms with van der Waals surface area (Å²) >= 11 is 0. The van der Waals surface area contributed by atoms with E-state index < -0.39 is 5.41 Å². The van der Waals surface area contributed by atoms with Crippen molar-refractivity contribution < 1.29 is 13.9 Å². The SMILES string of the molecule is O=C(NCc1cccc(COCc2ccccc2)c1)C1(c2cccc(F)c2)CCC1. The third-order valence-corrected chi connectivity index (χ3v) is 5.84. The number of carbonyl (C=O) groups excluding carboxylic acids is 1. The highest BCUT2D eigenvalue weighted by Gasteiger charge is 2.45. The van der Waals surface area contributed by atoms with Crippen LogP contribution in [0.1, 0.15) is 41.5 Å². The summed E-state index contributed by atoms with van der Waals surface area (Å²) in [6.45, 7) is 1.53. The molecular formula is C26H26FNO2. The van der Waals surface area contributed by atoms with Gasteiger partial charge in [0.2, 0.25) is 5.91 Å². The van der Waals surface area contributed by atoms with Crippen LogP contribution >= 0.6 is 0 Å². The second-order valence-electron chi connectivity index (χ2n) is 7.93. The summed E-state index contributed by atoms with van der Waals surface area (Å²) in [6, 6.07) is 24.6. The standard InChI is InChI=1S/C26H26FNO2/c27-24-12-5-11-23(16-24)26(13-6-14-26)25(29)28-17-21-9-4-10-22(15-21)19-30-18-20-7-2-1-3-8-20/h1-5,7-12,15-16H,6,13-14,17-19H2,(H,28,29). The van der Waals surface area contributed by atoms with Gasteiger partial charge in [-0.15, -0.1) is 0 Å². The molecular weight excluding hydrogens is 377 g/mol. The molecule has 3 aromatic rings. The molecule has 4 heteroatoms. The monoisotopic (exact) mass is 403 g/mol. The van der Waals surface area contributed by atoms with Crippen molar-refractivity contribution >= 4 is 5.91 Å². The first kappa shape index (κ1) is 20.3. The predicted molar refractivity (Wildman–Crippen MR) is 115 cm³/mol. The average molecular weight is 403 g/mol. The van der Waals surface area contributed by atoms with E-state index >= 15 is 0 Å². The Labute approximate surface area is 176 Å². The lowest BCUT2D eigenvalue weighted by atomic mass is 9.64. The van der Waals surface area contributed by atoms with Crippen LogP contribution in [0.25, 0.3) is 0 Å². The predicted octanol–water partition coefficient (Wildman–Crippen LogP) is 5.28. The van der Waals surface area contributed by atoms with Gasteiger partial charge in [0.05, 0.1) is 18.6 Å². The van der Waals surface area contributed by atoms with Gasteiger partial charge in [0.15, 0.2) is 0 Å². The summed E-state index contributed by atoms with van der Waals surface area (Å²) in [5.74, 6) is -0.320. The van der Waals surface area contributed by atoms with Crippen LogP contribution in [0.2, 0.25) is 0 Å². The number of ether oxygens (including phenoxy) is 1. The van der Waals surface area contributed by atoms with Gasteiger partial charge in [0.1, 0.15) is 5.82 Å². The second kappa shape index (κ2) is 9.23. The number of amides is 1. The van der Waals surface area contributed by atoms with Crippen LogP contribution < -0.4 is 5.32 Å². The van der Waals surface area contributed by atoms with E-state index in [9.17, 15) is 9.18 Å². The molecule has 1 fully saturated rings. The van der Waals surface area contributed by atoms with Gasteiger partial charge in [-0.1, -0.05) is 73.2 Å². The largest absolute Gasteiger partial charge is 0.372 e. The van der Waals surface area contributed by atoms with Crippen LogP contribution in [0, 0.1) is 5.82 Å². The maximum absolute atomic E-state index is 13.7. The van der Waals surface area contributed by atoms with Crippen molar-refractivity contribution in [2.75, 3.05) is 0 Å². The molecule has 1 N–H and O–H groups in total. The van der Waals surface area contributed by atoms with Crippen LogP contribution in [-0.4, -0.2) is 5.91 Å². The lowest BCUT2D eigenvalue weighted by Crippen LogP contribution is -2.49. The minimum Gasteiger partial charge on any atom is -0.372 e. The smallest absolute Gasteiger partial charge is 0.230 e. The molecule has 0 spiro atoms. The molecule has 30 heavy (non-hydrogen) atoms. The fourth-order valence-electron chi connectivity index (χ4n) is 4.01. The van der Waals surface area contributed by atoms with Crippen molar-refractivity contribution in [1.82, 2.24) is 5.32 Å². The molecule has 0 aromatic heterocycles. The van der Waals surface area contributed by atoms with Gasteiger partial charge in [-0.2, -0.15) is 0 Å². The molecule has 4 rings (SSSR count). The lowest BCUT2D eigenvalue weighted by Gasteiger charge is -2.40. The maximum atomic E-state index is 13.7. The van der Waals surface area contributed by atoms with Crippen LogP contribution in [0.4, 0.5) is 4.39 Å². The Morgan fingerprint density at radius 1 is 0.867 bits per heavy atom. The number of hydrogen-bond acceptors (Lipinski definition) is 2. The summed E-state index contributed by atoms with van der Waals surface area (Å²) in [5, 5.41) is 3.07. The third-order valence-electron chi connectivity index (χ3n) is 5.84. The van der Waals surface area contributed by atoms with E-state index in [1.165, 1.54) is 12.1 Å². The van der Waals surface area contributed by atoms with Crippen molar-refractivity contribution in [2.45, 2.75) is 44.4 Å². The Bertz CT molecular complexity index is 999. The summed E-state index contributed by atoms with van der Waals surface area (Å²) in [7, 11) is 0. The van der Waals surface area contributed by atoms with Crippen LogP contribution in [0.5, 0.6) is 0 Å². The van der Waals surface area contributed by atoms with Gasteiger partial charge in [0.25, 0.3) is 0 Å². The van der Waals surface area contributed by atoms with E-state index in [1.807, 2.05) is 54.6 Å². The molecule has 3 nitrogen and oxygen atoms in total. The second-order valence-corrected chi connectivity index (χ2v) is 7.93. The van der Waals surface area contributed by atoms with Crippen molar-refractivity contribution in [3.8, 4) is 0 Å². The molecule has 0 radical (unpaired) electrons. The normalized spacial score (nSPS) is 14.7. The summed E-state index contributed by atoms with van der Waals surface area (Å²) < 4.78 is 19.5. The molecule has 1 saturated carbocycles. The Morgan fingerprint density at radius 2 is 1.57 bits per heavy atom. The molecule has 0 heterocycles. The van der Waals surface area contributed by atoms with Crippen molar-refractivity contribution in [2.24, 2.45) is 0 Å². The molecule has 0 unspecified atom stereocenters. The van der Waals surface area contributed by atoms with Gasteiger partial charge >= 0.3 is 0 Å². The van der Waals surface area contributed by atoms with E-state index in [0.717, 1.165) is 41.5 Å². The molecule has 3 aromatic carbocycles. The first-order chi connectivity index (χ1) is 14.7. The zero-order valence-corrected chi connectivity index (χ0v) is 16.9. The molecule has 1 aliphatic carbocycles. The number of nitrogens with one attached hydrogen (secondary N) is 1. The molecule has 1 amide bonds. The Morgan fingerprint density at radius 3 is 2.30 bits per heavy atom. The van der Waals surface area contributed by atoms with Crippen LogP contribution in [0.15, 0.2) is 78.9 Å². The first-order valence-corrected chi connectivity index (χ1v) is 10.4. The van der Waals surface area contributed by atoms with E-state index in [4.69, 9.17) is 4.74 Å². The van der Waals surface area contributed by atoms with Crippen molar-refractivity contribution in [3.63, 3.8) is 0 Å². The topological polar surface area (TPSA) is 38.3 Å². The number of benzene rings is 3. The lowest BCUT2D eigenvalue weighted by molar-refractivity contribution is -0.130. The minimum absolute atomic E-state index is 0.0231. The number of rotatable bonds is 8. The highest BCUT2D eigenvalue weighted by molar-refractivity contribution is 5.89. The van der Waals surface area contributed by atoms with E-state index in [1.54, 1.807) is 6.07 Å². The zero-order chi connectivity index (χ0) is 20.8. The third kappa shape index (κ3) is 4.60. The van der Waals surface area contributed by atoms with Gasteiger partial charge in [-0.3, -0.25) is 4.79 Å². The number of carbonyl (C=O) groups is 1. The van der Waals surface area contributed by atoms with E-state index in [2.05, 4.69) is 11.4 Å². The average Bonchev–Trinajstić information content (AvgIpc) is 2.73. The first-order valence-electron chi connectivity index (χ1n) is 10.4. The Hall–Kier alpha value is -2.98. The summed E-state index contributed by atoms with van der Waals surface area (Å²) in [5.41, 5.74) is 3.41. The van der Waals surface area contributed by atoms with E-state index in [0.29, 0.717) is 19.8 Å². The van der Waals surface area contributed by atoms with E-state index in [-0.39, 0.29) is 11.7 Å². The van der Waals surface area contributed by atoms with Gasteiger partial charge < -0.3 is 10.1 Å². The Balaban J connectivity index is 1.34. The quantitative estimate of drug-likeness (QED) is 0.556. The zero-order valence-electron chi connectivity index (χ0n) is 16.9. The summed E-state index contributed by atoms with van der Waals surface area (Å²) in [4.78, 5) is 13.0. The van der Waals surface area contributed by atoms with Gasteiger partial charge in [0, 0.05) is 6.54 Å². The molecule has 0 aliphatic heterocycles. The minimum atomic E-state index is -0.599. The Kier molecular flexibility index (Phi) is 6.24. The number of hydrogen-bond donors (Lipinski definition) is 1. The van der Waals surface area contributed by atoms with Gasteiger partial charge in [-0.05, 0) is 47.2 Å². The highest BCUT2D eigenvalue weighted by Crippen LogP contribution is 2.44. The number of halogens is 1. The molecule has 0 atom stereocenters.